The molecule has 0 aliphatic rings. The quantitative estimate of drug-likeness (QED) is 0.568. The van der Waals surface area contributed by atoms with Crippen LogP contribution in [0.25, 0.3) is 22.1 Å². The van der Waals surface area contributed by atoms with Crippen LogP contribution in [0, 0.1) is 6.92 Å². The monoisotopic (exact) mass is 282 g/mol. The first-order chi connectivity index (χ1) is 10.2. The third-order valence-corrected chi connectivity index (χ3v) is 3.42. The van der Waals surface area contributed by atoms with Crippen molar-refractivity contribution < 1.29 is 0 Å². The van der Waals surface area contributed by atoms with Gasteiger partial charge in [0, 0.05) is 11.1 Å². The van der Waals surface area contributed by atoms with Crippen LogP contribution in [0.4, 0.5) is 5.95 Å². The molecule has 0 unspecified atom stereocenters. The Labute approximate surface area is 122 Å². The molecule has 2 heterocycles. The number of hydrazone groups is 1. The summed E-state index contributed by atoms with van der Waals surface area (Å²) in [6.45, 7) is 6.16. The molecule has 0 atom stereocenters. The van der Waals surface area contributed by atoms with Gasteiger partial charge in [-0.15, -0.1) is 10.2 Å². The number of nitrogens with one attached hydrogen (secondary N) is 2. The number of benzene rings is 1. The summed E-state index contributed by atoms with van der Waals surface area (Å²) in [7, 11) is 0. The van der Waals surface area contributed by atoms with Gasteiger partial charge in [-0.1, -0.05) is 31.5 Å². The van der Waals surface area contributed by atoms with Crippen molar-refractivity contribution in [2.24, 2.45) is 5.10 Å². The van der Waals surface area contributed by atoms with E-state index in [4.69, 9.17) is 0 Å². The highest BCUT2D eigenvalue weighted by atomic mass is 15.4. The number of hydrogen-bond acceptors (Lipinski definition) is 5. The predicted octanol–water partition coefficient (Wildman–Crippen LogP) is 3.40. The Morgan fingerprint density at radius 3 is 3.00 bits per heavy atom. The molecule has 6 nitrogen and oxygen atoms in total. The minimum atomic E-state index is 0.405. The van der Waals surface area contributed by atoms with Crippen LogP contribution >= 0.6 is 0 Å². The van der Waals surface area contributed by atoms with Gasteiger partial charge in [-0.25, -0.2) is 5.43 Å². The van der Waals surface area contributed by atoms with E-state index in [9.17, 15) is 0 Å². The molecule has 2 aromatic heterocycles. The second kappa shape index (κ2) is 5.47. The predicted molar refractivity (Wildman–Crippen MR) is 85.6 cm³/mol. The van der Waals surface area contributed by atoms with Crippen LogP contribution < -0.4 is 5.43 Å². The summed E-state index contributed by atoms with van der Waals surface area (Å²) in [6.07, 6.45) is 2.02. The van der Waals surface area contributed by atoms with Crippen LogP contribution in [-0.4, -0.2) is 25.9 Å². The first-order valence-electron chi connectivity index (χ1n) is 7.10. The largest absolute Gasteiger partial charge is 0.337 e. The van der Waals surface area contributed by atoms with Gasteiger partial charge in [-0.3, -0.25) is 0 Å². The van der Waals surface area contributed by atoms with Crippen molar-refractivity contribution >= 4 is 33.7 Å². The average molecular weight is 282 g/mol. The number of hydrogen-bond donors (Lipinski definition) is 2. The lowest BCUT2D eigenvalue weighted by Crippen LogP contribution is -2.02. The van der Waals surface area contributed by atoms with Crippen molar-refractivity contribution in [1.82, 2.24) is 20.2 Å². The molecule has 0 saturated heterocycles. The number of H-pyrrole nitrogens is 1. The number of rotatable bonds is 4. The maximum absolute atomic E-state index is 4.44. The average Bonchev–Trinajstić information content (AvgIpc) is 2.85. The first kappa shape index (κ1) is 13.5. The van der Waals surface area contributed by atoms with Crippen LogP contribution in [0.5, 0.6) is 0 Å². The zero-order valence-corrected chi connectivity index (χ0v) is 12.4. The summed E-state index contributed by atoms with van der Waals surface area (Å²) < 4.78 is 0. The van der Waals surface area contributed by atoms with Crippen LogP contribution in [0.1, 0.15) is 32.3 Å². The van der Waals surface area contributed by atoms with Crippen LogP contribution in [-0.2, 0) is 0 Å². The zero-order valence-electron chi connectivity index (χ0n) is 12.4. The van der Waals surface area contributed by atoms with E-state index in [1.54, 1.807) is 0 Å². The van der Waals surface area contributed by atoms with E-state index in [1.807, 2.05) is 19.1 Å². The lowest BCUT2D eigenvalue weighted by Gasteiger charge is -1.99. The summed E-state index contributed by atoms with van der Waals surface area (Å²) in [5.41, 5.74) is 7.61. The van der Waals surface area contributed by atoms with Gasteiger partial charge in [0.1, 0.15) is 5.52 Å². The van der Waals surface area contributed by atoms with Crippen LogP contribution in [0.2, 0.25) is 0 Å². The fraction of sp³-hybridized carbons (Fsp3) is 0.333. The number of fused-ring (bicyclic) bond motifs is 3. The Bertz CT molecular complexity index is 818. The highest BCUT2D eigenvalue weighted by Crippen LogP contribution is 2.24. The van der Waals surface area contributed by atoms with Crippen LogP contribution in [0.3, 0.4) is 0 Å². The molecular weight excluding hydrogens is 264 g/mol. The highest BCUT2D eigenvalue weighted by Gasteiger charge is 2.09. The van der Waals surface area contributed by atoms with E-state index in [0.717, 1.165) is 40.6 Å². The molecule has 0 amide bonds. The van der Waals surface area contributed by atoms with Gasteiger partial charge < -0.3 is 4.98 Å². The van der Waals surface area contributed by atoms with Gasteiger partial charge >= 0.3 is 0 Å². The smallest absolute Gasteiger partial charge is 0.265 e. The normalized spacial score (nSPS) is 12.2. The van der Waals surface area contributed by atoms with E-state index in [1.165, 1.54) is 5.56 Å². The number of nitrogens with zero attached hydrogens (tertiary/aromatic N) is 4. The molecule has 0 aliphatic carbocycles. The van der Waals surface area contributed by atoms with Gasteiger partial charge in [0.15, 0.2) is 5.65 Å². The molecule has 2 N–H and O–H groups in total. The van der Waals surface area contributed by atoms with Gasteiger partial charge in [-0.2, -0.15) is 10.1 Å². The van der Waals surface area contributed by atoms with E-state index in [-0.39, 0.29) is 0 Å². The summed E-state index contributed by atoms with van der Waals surface area (Å²) in [4.78, 5) is 7.74. The summed E-state index contributed by atoms with van der Waals surface area (Å²) in [5.74, 6) is 0.405. The van der Waals surface area contributed by atoms with Crippen molar-refractivity contribution in [3.05, 3.63) is 23.8 Å². The van der Waals surface area contributed by atoms with Crippen molar-refractivity contribution in [2.75, 3.05) is 5.43 Å². The molecule has 1 aromatic carbocycles. The maximum Gasteiger partial charge on any atom is 0.265 e. The molecule has 0 fully saturated rings. The molecule has 0 spiro atoms. The van der Waals surface area contributed by atoms with E-state index in [2.05, 4.69) is 50.6 Å². The fourth-order valence-electron chi connectivity index (χ4n) is 2.35. The molecule has 0 saturated carbocycles. The lowest BCUT2D eigenvalue weighted by atomic mass is 10.1. The second-order valence-electron chi connectivity index (χ2n) is 5.16. The third kappa shape index (κ3) is 2.56. The number of aryl methyl sites for hydroxylation is 1. The molecule has 6 heteroatoms. The Morgan fingerprint density at radius 1 is 1.33 bits per heavy atom. The second-order valence-corrected chi connectivity index (χ2v) is 5.16. The van der Waals surface area contributed by atoms with E-state index >= 15 is 0 Å². The molecule has 21 heavy (non-hydrogen) atoms. The molecule has 108 valence electrons. The number of anilines is 1. The molecule has 3 aromatic rings. The van der Waals surface area contributed by atoms with Crippen molar-refractivity contribution in [3.63, 3.8) is 0 Å². The Kier molecular flexibility index (Phi) is 3.51. The van der Waals surface area contributed by atoms with Gasteiger partial charge in [0.05, 0.1) is 5.52 Å². The van der Waals surface area contributed by atoms with Crippen molar-refractivity contribution in [1.29, 1.82) is 0 Å². The topological polar surface area (TPSA) is 78.8 Å². The molecule has 3 rings (SSSR count). The van der Waals surface area contributed by atoms with Crippen LogP contribution in [0.15, 0.2) is 23.3 Å². The summed E-state index contributed by atoms with van der Waals surface area (Å²) >= 11 is 0. The van der Waals surface area contributed by atoms with E-state index in [0.29, 0.717) is 5.95 Å². The standard InChI is InChI=1S/C15H18N6/c1-4-6-10(3)18-20-15-17-14-13(19-21-15)11-8-5-7-9(2)12(11)16-14/h5,7-8H,4,6H2,1-3H3,(H2,16,17,20,21)/b18-10+. The molecule has 0 radical (unpaired) electrons. The maximum atomic E-state index is 4.44. The number of aromatic nitrogens is 4. The number of aromatic amines is 1. The van der Waals surface area contributed by atoms with Gasteiger partial charge in [0.25, 0.3) is 5.95 Å². The SMILES string of the molecule is CCC/C(C)=N/Nc1nnc2c(n1)[nH]c1c(C)cccc12. The molecule has 0 bridgehead atoms. The minimum absolute atomic E-state index is 0.405. The van der Waals surface area contributed by atoms with Crippen molar-refractivity contribution in [3.8, 4) is 0 Å². The highest BCUT2D eigenvalue weighted by molar-refractivity contribution is 6.04. The van der Waals surface area contributed by atoms with Crippen molar-refractivity contribution in [2.45, 2.75) is 33.6 Å². The first-order valence-corrected chi connectivity index (χ1v) is 7.10. The lowest BCUT2D eigenvalue weighted by molar-refractivity contribution is 0.970. The Morgan fingerprint density at radius 2 is 2.19 bits per heavy atom. The summed E-state index contributed by atoms with van der Waals surface area (Å²) in [6, 6.07) is 6.09. The Hall–Kier alpha value is -2.50. The summed E-state index contributed by atoms with van der Waals surface area (Å²) in [5, 5.41) is 13.6. The third-order valence-electron chi connectivity index (χ3n) is 3.42. The van der Waals surface area contributed by atoms with E-state index < -0.39 is 0 Å². The van der Waals surface area contributed by atoms with Gasteiger partial charge in [0.2, 0.25) is 0 Å². The van der Waals surface area contributed by atoms with Gasteiger partial charge in [-0.05, 0) is 25.8 Å². The fourth-order valence-corrected chi connectivity index (χ4v) is 2.35. The zero-order chi connectivity index (χ0) is 14.8. The Balaban J connectivity index is 1.99. The molecular formula is C15H18N6. The number of para-hydroxylation sites is 1. The minimum Gasteiger partial charge on any atom is -0.337 e. The molecule has 0 aliphatic heterocycles.